The number of carbonyl (C=O) groups excluding carboxylic acids is 1. The number of hydrogen-bond donors (Lipinski definition) is 0. The van der Waals surface area contributed by atoms with E-state index in [-0.39, 0.29) is 11.5 Å². The Morgan fingerprint density at radius 3 is 2.50 bits per heavy atom. The summed E-state index contributed by atoms with van der Waals surface area (Å²) in [6.45, 7) is 6.12. The van der Waals surface area contributed by atoms with E-state index in [2.05, 4.69) is 53.1 Å². The van der Waals surface area contributed by atoms with Crippen molar-refractivity contribution in [2.24, 2.45) is 0 Å². The highest BCUT2D eigenvalue weighted by atomic mass is 16.5. The summed E-state index contributed by atoms with van der Waals surface area (Å²) in [6, 6.07) is 9.01. The van der Waals surface area contributed by atoms with Crippen LogP contribution in [-0.4, -0.2) is 59.2 Å². The Labute approximate surface area is 166 Å². The number of carbonyl (C=O) groups is 1. The highest BCUT2D eigenvalue weighted by molar-refractivity contribution is 5.92. The Bertz CT molecular complexity index is 827. The molecule has 3 heterocycles. The Morgan fingerprint density at radius 1 is 1.14 bits per heavy atom. The van der Waals surface area contributed by atoms with Crippen LogP contribution >= 0.6 is 0 Å². The summed E-state index contributed by atoms with van der Waals surface area (Å²) in [6.07, 6.45) is 5.96. The van der Waals surface area contributed by atoms with Crippen LogP contribution in [0.4, 0.5) is 5.69 Å². The number of benzene rings is 1. The van der Waals surface area contributed by atoms with Gasteiger partial charge in [-0.05, 0) is 45.2 Å². The van der Waals surface area contributed by atoms with E-state index in [4.69, 9.17) is 4.74 Å². The molecule has 2 aromatic rings. The fourth-order valence-corrected chi connectivity index (χ4v) is 4.19. The summed E-state index contributed by atoms with van der Waals surface area (Å²) in [4.78, 5) is 25.3. The second-order valence-electron chi connectivity index (χ2n) is 8.13. The van der Waals surface area contributed by atoms with Crippen molar-refractivity contribution in [3.05, 3.63) is 53.6 Å². The Hall–Kier alpha value is -2.47. The van der Waals surface area contributed by atoms with Gasteiger partial charge in [-0.25, -0.2) is 4.98 Å². The van der Waals surface area contributed by atoms with E-state index in [1.807, 2.05) is 11.8 Å². The van der Waals surface area contributed by atoms with Gasteiger partial charge in [0.2, 0.25) is 0 Å². The quantitative estimate of drug-likeness (QED) is 0.819. The second kappa shape index (κ2) is 7.51. The molecule has 6 heteroatoms. The number of likely N-dealkylation sites (N-methyl/N-ethyl adjacent to an activating group) is 1. The average Bonchev–Trinajstić information content (AvgIpc) is 3.12. The molecule has 0 aliphatic carbocycles. The fourth-order valence-electron chi connectivity index (χ4n) is 4.19. The van der Waals surface area contributed by atoms with Crippen LogP contribution in [0.5, 0.6) is 0 Å². The molecule has 0 unspecified atom stereocenters. The van der Waals surface area contributed by atoms with Crippen LogP contribution in [0, 0.1) is 13.8 Å². The van der Waals surface area contributed by atoms with E-state index < -0.39 is 0 Å². The number of ether oxygens (including phenoxy) is 1. The lowest BCUT2D eigenvalue weighted by Gasteiger charge is -2.38. The van der Waals surface area contributed by atoms with E-state index in [0.717, 1.165) is 31.6 Å². The van der Waals surface area contributed by atoms with Crippen LogP contribution in [-0.2, 0) is 4.74 Å². The van der Waals surface area contributed by atoms with Gasteiger partial charge in [0.15, 0.2) is 0 Å². The molecule has 2 fully saturated rings. The summed E-state index contributed by atoms with van der Waals surface area (Å²) in [5.74, 6) is -0.0336. The summed E-state index contributed by atoms with van der Waals surface area (Å²) in [5.41, 5.74) is 3.62. The average molecular weight is 380 g/mol. The van der Waals surface area contributed by atoms with Crippen molar-refractivity contribution in [2.75, 3.05) is 31.6 Å². The number of amides is 1. The zero-order chi connectivity index (χ0) is 19.7. The lowest BCUT2D eigenvalue weighted by Crippen LogP contribution is -2.47. The number of nitrogens with zero attached hydrogens (tertiary/aromatic N) is 4. The minimum Gasteiger partial charge on any atom is -0.373 e. The first kappa shape index (κ1) is 18.9. The van der Waals surface area contributed by atoms with E-state index in [9.17, 15) is 4.79 Å². The van der Waals surface area contributed by atoms with E-state index in [0.29, 0.717) is 24.8 Å². The number of likely N-dealkylation sites (tertiary alicyclic amines) is 1. The zero-order valence-corrected chi connectivity index (χ0v) is 16.9. The molecular weight excluding hydrogens is 352 g/mol. The monoisotopic (exact) mass is 380 g/mol. The highest BCUT2D eigenvalue weighted by Gasteiger charge is 2.44. The molecule has 1 spiro atoms. The molecule has 28 heavy (non-hydrogen) atoms. The molecule has 148 valence electrons. The molecule has 0 N–H and O–H groups in total. The first-order valence-corrected chi connectivity index (χ1v) is 9.97. The molecule has 1 aromatic carbocycles. The second-order valence-corrected chi connectivity index (χ2v) is 8.13. The van der Waals surface area contributed by atoms with E-state index in [1.165, 1.54) is 11.3 Å². The fraction of sp³-hybridized carbons (Fsp3) is 0.500. The van der Waals surface area contributed by atoms with Gasteiger partial charge >= 0.3 is 0 Å². The number of aromatic nitrogens is 2. The molecule has 1 atom stereocenters. The molecule has 2 aliphatic heterocycles. The third-order valence-corrected chi connectivity index (χ3v) is 6.14. The molecule has 1 aromatic heterocycles. The van der Waals surface area contributed by atoms with Gasteiger partial charge in [0.05, 0.1) is 30.1 Å². The molecule has 1 amide bonds. The van der Waals surface area contributed by atoms with Crippen molar-refractivity contribution in [1.82, 2.24) is 14.9 Å². The Morgan fingerprint density at radius 2 is 1.86 bits per heavy atom. The Kier molecular flexibility index (Phi) is 5.06. The van der Waals surface area contributed by atoms with Crippen molar-refractivity contribution >= 4 is 11.6 Å². The lowest BCUT2D eigenvalue weighted by atomic mass is 9.87. The maximum Gasteiger partial charge on any atom is 0.274 e. The SMILES string of the molecule is Cc1ccc(N(C)[C@@H]2COC3(CCN(C(=O)c4cnc(C)cn4)CC3)C2)cc1. The number of anilines is 1. The summed E-state index contributed by atoms with van der Waals surface area (Å²) < 4.78 is 6.30. The predicted molar refractivity (Wildman–Crippen MR) is 109 cm³/mol. The van der Waals surface area contributed by atoms with Gasteiger partial charge in [-0.3, -0.25) is 9.78 Å². The zero-order valence-electron chi connectivity index (χ0n) is 16.9. The molecule has 2 aliphatic rings. The van der Waals surface area contributed by atoms with Crippen LogP contribution in [0.3, 0.4) is 0 Å². The molecule has 0 saturated carbocycles. The van der Waals surface area contributed by atoms with Crippen LogP contribution in [0.2, 0.25) is 0 Å². The van der Waals surface area contributed by atoms with Gasteiger partial charge in [0.1, 0.15) is 5.69 Å². The smallest absolute Gasteiger partial charge is 0.274 e. The van der Waals surface area contributed by atoms with Crippen LogP contribution < -0.4 is 4.90 Å². The number of rotatable bonds is 3. The molecule has 0 radical (unpaired) electrons. The standard InChI is InChI=1S/C22H28N4O2/c1-16-4-6-18(7-5-16)25(3)19-12-22(28-15-19)8-10-26(11-9-22)21(27)20-14-23-17(2)13-24-20/h4-7,13-14,19H,8-12,15H2,1-3H3/t19-/m0/s1. The van der Waals surface area contributed by atoms with Gasteiger partial charge < -0.3 is 14.5 Å². The number of piperidine rings is 1. The first-order chi connectivity index (χ1) is 13.5. The number of hydrogen-bond acceptors (Lipinski definition) is 5. The van der Waals surface area contributed by atoms with Crippen LogP contribution in [0.1, 0.15) is 41.0 Å². The molecule has 4 rings (SSSR count). The highest BCUT2D eigenvalue weighted by Crippen LogP contribution is 2.38. The minimum atomic E-state index is -0.112. The predicted octanol–water partition coefficient (Wildman–Crippen LogP) is 2.99. The topological polar surface area (TPSA) is 58.6 Å². The molecule has 0 bridgehead atoms. The van der Waals surface area contributed by atoms with E-state index in [1.54, 1.807) is 12.4 Å². The van der Waals surface area contributed by atoms with E-state index >= 15 is 0 Å². The van der Waals surface area contributed by atoms with Gasteiger partial charge in [-0.2, -0.15) is 0 Å². The number of aryl methyl sites for hydroxylation is 2. The van der Waals surface area contributed by atoms with Crippen molar-refractivity contribution in [3.63, 3.8) is 0 Å². The summed E-state index contributed by atoms with van der Waals surface area (Å²) in [5, 5.41) is 0. The third-order valence-electron chi connectivity index (χ3n) is 6.14. The normalized spacial score (nSPS) is 21.1. The molecule has 2 saturated heterocycles. The van der Waals surface area contributed by atoms with Crippen molar-refractivity contribution < 1.29 is 9.53 Å². The minimum absolute atomic E-state index is 0.0336. The lowest BCUT2D eigenvalue weighted by molar-refractivity contribution is -0.0389. The van der Waals surface area contributed by atoms with Crippen molar-refractivity contribution in [3.8, 4) is 0 Å². The first-order valence-electron chi connectivity index (χ1n) is 9.97. The summed E-state index contributed by atoms with van der Waals surface area (Å²) in [7, 11) is 2.15. The maximum atomic E-state index is 12.7. The van der Waals surface area contributed by atoms with Gasteiger partial charge in [-0.1, -0.05) is 17.7 Å². The van der Waals surface area contributed by atoms with Crippen molar-refractivity contribution in [2.45, 2.75) is 44.8 Å². The van der Waals surface area contributed by atoms with Crippen LogP contribution in [0.25, 0.3) is 0 Å². The summed E-state index contributed by atoms with van der Waals surface area (Å²) >= 11 is 0. The van der Waals surface area contributed by atoms with Crippen LogP contribution in [0.15, 0.2) is 36.7 Å². The Balaban J connectivity index is 1.36. The largest absolute Gasteiger partial charge is 0.373 e. The van der Waals surface area contributed by atoms with Gasteiger partial charge in [0, 0.05) is 32.0 Å². The van der Waals surface area contributed by atoms with Crippen molar-refractivity contribution in [1.29, 1.82) is 0 Å². The van der Waals surface area contributed by atoms with Gasteiger partial charge in [-0.15, -0.1) is 0 Å². The third kappa shape index (κ3) is 3.74. The molecule has 6 nitrogen and oxygen atoms in total. The maximum absolute atomic E-state index is 12.7. The van der Waals surface area contributed by atoms with Gasteiger partial charge in [0.25, 0.3) is 5.91 Å². The molecular formula is C22H28N4O2.